The molecule has 2 aromatic rings. The molecule has 168 valence electrons. The van der Waals surface area contributed by atoms with Crippen molar-refractivity contribution in [2.75, 3.05) is 6.54 Å². The van der Waals surface area contributed by atoms with E-state index in [1.54, 1.807) is 12.1 Å². The molecule has 31 heavy (non-hydrogen) atoms. The summed E-state index contributed by atoms with van der Waals surface area (Å²) < 4.78 is 18.4. The second-order valence-electron chi connectivity index (χ2n) is 9.31. The molecule has 2 N–H and O–H groups in total. The fourth-order valence-corrected chi connectivity index (χ4v) is 4.22. The molecule has 1 aromatic heterocycles. The van der Waals surface area contributed by atoms with Gasteiger partial charge in [0.05, 0.1) is 22.7 Å². The van der Waals surface area contributed by atoms with Gasteiger partial charge in [0.25, 0.3) is 0 Å². The van der Waals surface area contributed by atoms with E-state index in [9.17, 15) is 14.0 Å². The molecule has 0 bridgehead atoms. The Morgan fingerprint density at radius 3 is 2.48 bits per heavy atom. The van der Waals surface area contributed by atoms with Crippen LogP contribution in [0.3, 0.4) is 0 Å². The van der Waals surface area contributed by atoms with Crippen molar-refractivity contribution >= 4 is 23.3 Å². The van der Waals surface area contributed by atoms with Crippen molar-refractivity contribution < 1.29 is 18.7 Å². The third-order valence-corrected chi connectivity index (χ3v) is 6.01. The molecule has 0 spiro atoms. The van der Waals surface area contributed by atoms with Gasteiger partial charge in [-0.2, -0.15) is 0 Å². The number of halogens is 1. The van der Waals surface area contributed by atoms with Crippen LogP contribution in [-0.4, -0.2) is 34.7 Å². The Balaban J connectivity index is 1.53. The van der Waals surface area contributed by atoms with E-state index in [0.717, 1.165) is 23.4 Å². The quantitative estimate of drug-likeness (QED) is 0.635. The molecule has 0 saturated heterocycles. The van der Waals surface area contributed by atoms with Gasteiger partial charge in [-0.15, -0.1) is 11.3 Å². The molecule has 0 aliphatic heterocycles. The van der Waals surface area contributed by atoms with Gasteiger partial charge in [0.1, 0.15) is 11.4 Å². The van der Waals surface area contributed by atoms with Gasteiger partial charge in [0.15, 0.2) is 0 Å². The Labute approximate surface area is 186 Å². The Kier molecular flexibility index (Phi) is 6.99. The fourth-order valence-electron chi connectivity index (χ4n) is 3.40. The van der Waals surface area contributed by atoms with Gasteiger partial charge in [-0.25, -0.2) is 14.2 Å². The number of hydrogen-bond donors (Lipinski definition) is 2. The SMILES string of the molecule is CC(C)(C)OC(=O)NCC(C)(NC(=O)Cc1csc(Cc2ccc(F)cc2)n1)C1CC1. The third-order valence-electron chi connectivity index (χ3n) is 5.11. The zero-order valence-corrected chi connectivity index (χ0v) is 19.3. The van der Waals surface area contributed by atoms with Crippen LogP contribution in [-0.2, 0) is 22.4 Å². The number of nitrogens with one attached hydrogen (secondary N) is 2. The van der Waals surface area contributed by atoms with Crippen molar-refractivity contribution in [1.82, 2.24) is 15.6 Å². The second-order valence-corrected chi connectivity index (χ2v) is 10.3. The molecule has 1 heterocycles. The first-order valence-corrected chi connectivity index (χ1v) is 11.4. The molecule has 1 saturated carbocycles. The molecule has 1 aromatic carbocycles. The van der Waals surface area contributed by atoms with E-state index in [2.05, 4.69) is 15.6 Å². The van der Waals surface area contributed by atoms with Crippen molar-refractivity contribution in [1.29, 1.82) is 0 Å². The average Bonchev–Trinajstić information content (AvgIpc) is 3.43. The lowest BCUT2D eigenvalue weighted by atomic mass is 9.95. The normalized spacial score (nSPS) is 15.8. The smallest absolute Gasteiger partial charge is 0.407 e. The summed E-state index contributed by atoms with van der Waals surface area (Å²) in [7, 11) is 0. The second kappa shape index (κ2) is 9.34. The van der Waals surface area contributed by atoms with Gasteiger partial charge in [-0.1, -0.05) is 12.1 Å². The molecule has 3 rings (SSSR count). The zero-order valence-electron chi connectivity index (χ0n) is 18.5. The van der Waals surface area contributed by atoms with Crippen molar-refractivity contribution in [2.24, 2.45) is 5.92 Å². The summed E-state index contributed by atoms with van der Waals surface area (Å²) in [5.41, 5.74) is 0.583. The van der Waals surface area contributed by atoms with Crippen LogP contribution < -0.4 is 10.6 Å². The number of thiazole rings is 1. The summed E-state index contributed by atoms with van der Waals surface area (Å²) in [6.07, 6.45) is 2.33. The summed E-state index contributed by atoms with van der Waals surface area (Å²) in [6.45, 7) is 7.71. The summed E-state index contributed by atoms with van der Waals surface area (Å²) in [5, 5.41) is 8.65. The number of rotatable bonds is 8. The van der Waals surface area contributed by atoms with Crippen LogP contribution >= 0.6 is 11.3 Å². The summed E-state index contributed by atoms with van der Waals surface area (Å²) >= 11 is 1.49. The van der Waals surface area contributed by atoms with Crippen LogP contribution in [0.1, 0.15) is 56.8 Å². The van der Waals surface area contributed by atoms with Crippen LogP contribution in [0.4, 0.5) is 9.18 Å². The van der Waals surface area contributed by atoms with Crippen molar-refractivity contribution in [3.8, 4) is 0 Å². The number of hydrogen-bond acceptors (Lipinski definition) is 5. The van der Waals surface area contributed by atoms with E-state index in [1.165, 1.54) is 23.5 Å². The molecule has 8 heteroatoms. The first-order valence-electron chi connectivity index (χ1n) is 10.5. The topological polar surface area (TPSA) is 80.3 Å². The van der Waals surface area contributed by atoms with E-state index in [4.69, 9.17) is 4.74 Å². The molecule has 2 amide bonds. The molecule has 1 unspecified atom stereocenters. The Morgan fingerprint density at radius 1 is 1.19 bits per heavy atom. The molecular formula is C23H30FN3O3S. The van der Waals surface area contributed by atoms with Crippen molar-refractivity contribution in [3.63, 3.8) is 0 Å². The number of amides is 2. The maximum Gasteiger partial charge on any atom is 0.407 e. The van der Waals surface area contributed by atoms with Gasteiger partial charge in [-0.3, -0.25) is 4.79 Å². The van der Waals surface area contributed by atoms with E-state index < -0.39 is 17.2 Å². The van der Waals surface area contributed by atoms with Gasteiger partial charge < -0.3 is 15.4 Å². The highest BCUT2D eigenvalue weighted by Crippen LogP contribution is 2.39. The van der Waals surface area contributed by atoms with Crippen LogP contribution in [0.2, 0.25) is 0 Å². The average molecular weight is 448 g/mol. The maximum absolute atomic E-state index is 13.1. The number of aromatic nitrogens is 1. The minimum absolute atomic E-state index is 0.126. The van der Waals surface area contributed by atoms with Crippen LogP contribution in [0.15, 0.2) is 29.6 Å². The Hall–Kier alpha value is -2.48. The first-order chi connectivity index (χ1) is 14.5. The molecule has 1 aliphatic carbocycles. The van der Waals surface area contributed by atoms with E-state index in [0.29, 0.717) is 24.6 Å². The predicted octanol–water partition coefficient (Wildman–Crippen LogP) is 4.23. The number of alkyl carbamates (subject to hydrolysis) is 1. The van der Waals surface area contributed by atoms with E-state index in [-0.39, 0.29) is 18.1 Å². The highest BCUT2D eigenvalue weighted by atomic mass is 32.1. The number of carbonyl (C=O) groups excluding carboxylic acids is 2. The standard InChI is InChI=1S/C23H30FN3O3S/c1-22(2,3)30-21(29)25-14-23(4,16-7-8-16)27-19(28)12-18-13-31-20(26-18)11-15-5-9-17(24)10-6-15/h5-6,9-10,13,16H,7-8,11-12,14H2,1-4H3,(H,25,29)(H,27,28). The number of nitrogens with zero attached hydrogens (tertiary/aromatic N) is 1. The van der Waals surface area contributed by atoms with Crippen molar-refractivity contribution in [3.05, 3.63) is 51.7 Å². The van der Waals surface area contributed by atoms with Gasteiger partial charge >= 0.3 is 6.09 Å². The van der Waals surface area contributed by atoms with Crippen LogP contribution in [0.5, 0.6) is 0 Å². The van der Waals surface area contributed by atoms with Crippen molar-refractivity contribution in [2.45, 2.75) is 64.5 Å². The predicted molar refractivity (Wildman–Crippen MR) is 119 cm³/mol. The lowest BCUT2D eigenvalue weighted by Crippen LogP contribution is -2.56. The molecule has 1 fully saturated rings. The number of carbonyl (C=O) groups is 2. The molecule has 1 aliphatic rings. The van der Waals surface area contributed by atoms with Gasteiger partial charge in [0, 0.05) is 18.3 Å². The molecular weight excluding hydrogens is 417 g/mol. The highest BCUT2D eigenvalue weighted by Gasteiger charge is 2.43. The monoisotopic (exact) mass is 447 g/mol. The van der Waals surface area contributed by atoms with Crippen LogP contribution in [0.25, 0.3) is 0 Å². The lowest BCUT2D eigenvalue weighted by Gasteiger charge is -2.32. The third kappa shape index (κ3) is 7.31. The van der Waals surface area contributed by atoms with Crippen LogP contribution in [0, 0.1) is 11.7 Å². The summed E-state index contributed by atoms with van der Waals surface area (Å²) in [5.74, 6) is -0.0602. The number of ether oxygens (including phenoxy) is 1. The van der Waals surface area contributed by atoms with Gasteiger partial charge in [-0.05, 0) is 64.2 Å². The van der Waals surface area contributed by atoms with E-state index >= 15 is 0 Å². The maximum atomic E-state index is 13.1. The summed E-state index contributed by atoms with van der Waals surface area (Å²) in [4.78, 5) is 29.3. The minimum atomic E-state index is -0.570. The highest BCUT2D eigenvalue weighted by molar-refractivity contribution is 7.09. The first kappa shape index (κ1) is 23.2. The largest absolute Gasteiger partial charge is 0.444 e. The Bertz CT molecular complexity index is 919. The molecule has 6 nitrogen and oxygen atoms in total. The number of benzene rings is 1. The van der Waals surface area contributed by atoms with Gasteiger partial charge in [0.2, 0.25) is 5.91 Å². The molecule has 0 radical (unpaired) electrons. The zero-order chi connectivity index (χ0) is 22.6. The minimum Gasteiger partial charge on any atom is -0.444 e. The Morgan fingerprint density at radius 2 is 1.87 bits per heavy atom. The van der Waals surface area contributed by atoms with E-state index in [1.807, 2.05) is 33.1 Å². The summed E-state index contributed by atoms with van der Waals surface area (Å²) in [6, 6.07) is 6.34. The fraction of sp³-hybridized carbons (Fsp3) is 0.522. The lowest BCUT2D eigenvalue weighted by molar-refractivity contribution is -0.122. The molecule has 1 atom stereocenters.